The lowest BCUT2D eigenvalue weighted by Gasteiger charge is -2.35. The van der Waals surface area contributed by atoms with Gasteiger partial charge in [0.25, 0.3) is 5.91 Å². The quantitative estimate of drug-likeness (QED) is 0.808. The molecule has 27 heavy (non-hydrogen) atoms. The molecular weight excluding hydrogens is 359 g/mol. The number of morpholine rings is 1. The van der Waals surface area contributed by atoms with Crippen LogP contribution >= 0.6 is 0 Å². The van der Waals surface area contributed by atoms with E-state index in [1.54, 1.807) is 4.90 Å². The Hall–Kier alpha value is -2.61. The number of hydrogen-bond donors (Lipinski definition) is 0. The molecule has 1 saturated heterocycles. The highest BCUT2D eigenvalue weighted by Crippen LogP contribution is 2.30. The molecule has 4 rings (SSSR count). The number of hydrogen-bond acceptors (Lipinski definition) is 4. The average Bonchev–Trinajstić information content (AvgIpc) is 3.11. The first-order valence-electron chi connectivity index (χ1n) is 8.72. The molecule has 1 unspecified atom stereocenters. The molecule has 1 aromatic carbocycles. The van der Waals surface area contributed by atoms with Gasteiger partial charge in [0.05, 0.1) is 25.0 Å². The van der Waals surface area contributed by atoms with E-state index in [1.807, 2.05) is 29.2 Å². The molecule has 8 heteroatoms. The van der Waals surface area contributed by atoms with E-state index in [9.17, 15) is 18.0 Å². The molecule has 0 bridgehead atoms. The molecule has 2 aromatic rings. The third kappa shape index (κ3) is 3.49. The summed E-state index contributed by atoms with van der Waals surface area (Å²) >= 11 is 0. The first kappa shape index (κ1) is 17.8. The molecule has 1 amide bonds. The van der Waals surface area contributed by atoms with Gasteiger partial charge in [0.1, 0.15) is 5.69 Å². The minimum Gasteiger partial charge on any atom is -0.365 e. The summed E-state index contributed by atoms with van der Waals surface area (Å²) in [4.78, 5) is 20.0. The maximum atomic E-state index is 12.9. The van der Waals surface area contributed by atoms with Crippen molar-refractivity contribution in [1.29, 1.82) is 0 Å². The van der Waals surface area contributed by atoms with Crippen molar-refractivity contribution in [3.8, 4) is 0 Å². The van der Waals surface area contributed by atoms with Crippen LogP contribution in [0.5, 0.6) is 0 Å². The van der Waals surface area contributed by atoms with Crippen LogP contribution < -0.4 is 9.80 Å². The van der Waals surface area contributed by atoms with Gasteiger partial charge in [-0.25, -0.2) is 4.98 Å². The molecule has 0 radical (unpaired) electrons. The Kier molecular flexibility index (Phi) is 4.51. The molecule has 2 aliphatic heterocycles. The summed E-state index contributed by atoms with van der Waals surface area (Å²) in [5.74, 6) is -0.121. The second-order valence-electron chi connectivity index (χ2n) is 6.57. The van der Waals surface area contributed by atoms with E-state index in [-0.39, 0.29) is 12.5 Å². The second-order valence-corrected chi connectivity index (χ2v) is 6.57. The van der Waals surface area contributed by atoms with Gasteiger partial charge in [-0.05, 0) is 30.2 Å². The van der Waals surface area contributed by atoms with Crippen LogP contribution in [0.4, 0.5) is 24.5 Å². The molecule has 0 aliphatic carbocycles. The van der Waals surface area contributed by atoms with Gasteiger partial charge in [-0.2, -0.15) is 13.2 Å². The fourth-order valence-electron chi connectivity index (χ4n) is 3.51. The number of carbonyl (C=O) groups excluding carboxylic acids is 1. The highest BCUT2D eigenvalue weighted by molar-refractivity contribution is 5.98. The Labute approximate surface area is 154 Å². The molecule has 3 heterocycles. The van der Waals surface area contributed by atoms with E-state index in [4.69, 9.17) is 4.74 Å². The molecule has 2 aliphatic rings. The molecule has 5 nitrogen and oxygen atoms in total. The third-order valence-corrected chi connectivity index (χ3v) is 4.90. The number of pyridine rings is 1. The molecule has 1 fully saturated rings. The number of alkyl halides is 3. The number of nitrogens with zero attached hydrogens (tertiary/aromatic N) is 3. The number of anilines is 2. The van der Waals surface area contributed by atoms with Crippen molar-refractivity contribution in [3.05, 3.63) is 53.9 Å². The summed E-state index contributed by atoms with van der Waals surface area (Å²) in [6.45, 7) is 1.71. The van der Waals surface area contributed by atoms with Gasteiger partial charge in [-0.1, -0.05) is 18.2 Å². The van der Waals surface area contributed by atoms with Crippen LogP contribution in [-0.4, -0.2) is 43.2 Å². The standard InChI is InChI=1S/C19H18F3N3O2/c20-19(21,22)17-6-5-14(11-23-17)24-9-10-27-16(12-24)18(26)25-8-7-13-3-1-2-4-15(13)25/h1-6,11,16H,7-10,12H2. The van der Waals surface area contributed by atoms with Crippen LogP contribution in [0, 0.1) is 0 Å². The van der Waals surface area contributed by atoms with Crippen molar-refractivity contribution in [2.45, 2.75) is 18.7 Å². The number of amides is 1. The zero-order valence-electron chi connectivity index (χ0n) is 14.4. The fourth-order valence-corrected chi connectivity index (χ4v) is 3.51. The Bertz CT molecular complexity index is 839. The molecule has 0 spiro atoms. The Morgan fingerprint density at radius 2 is 1.96 bits per heavy atom. The SMILES string of the molecule is O=C(C1CN(c2ccc(C(F)(F)F)nc2)CCO1)N1CCc2ccccc21. The lowest BCUT2D eigenvalue weighted by atomic mass is 10.1. The summed E-state index contributed by atoms with van der Waals surface area (Å²) < 4.78 is 43.7. The average molecular weight is 377 g/mol. The zero-order valence-corrected chi connectivity index (χ0v) is 14.4. The molecule has 142 valence electrons. The van der Waals surface area contributed by atoms with E-state index in [1.165, 1.54) is 12.3 Å². The number of para-hydroxylation sites is 1. The van der Waals surface area contributed by atoms with Crippen LogP contribution in [0.1, 0.15) is 11.3 Å². The predicted octanol–water partition coefficient (Wildman–Crippen LogP) is 2.89. The summed E-state index contributed by atoms with van der Waals surface area (Å²) in [5.41, 5.74) is 1.65. The number of rotatable bonds is 2. The molecular formula is C19H18F3N3O2. The summed E-state index contributed by atoms with van der Waals surface area (Å²) in [6.07, 6.45) is -3.13. The van der Waals surface area contributed by atoms with E-state index in [0.29, 0.717) is 25.4 Å². The normalized spacial score (nSPS) is 19.9. The first-order valence-corrected chi connectivity index (χ1v) is 8.72. The van der Waals surface area contributed by atoms with Crippen LogP contribution in [0.2, 0.25) is 0 Å². The van der Waals surface area contributed by atoms with Gasteiger partial charge < -0.3 is 14.5 Å². The molecule has 1 atom stereocenters. The maximum absolute atomic E-state index is 12.9. The van der Waals surface area contributed by atoms with Gasteiger partial charge in [0, 0.05) is 18.8 Å². The summed E-state index contributed by atoms with van der Waals surface area (Å²) in [5, 5.41) is 0. The van der Waals surface area contributed by atoms with Crippen molar-refractivity contribution in [2.75, 3.05) is 36.0 Å². The van der Waals surface area contributed by atoms with E-state index >= 15 is 0 Å². The first-order chi connectivity index (χ1) is 12.9. The van der Waals surface area contributed by atoms with Crippen LogP contribution in [0.15, 0.2) is 42.6 Å². The minimum atomic E-state index is -4.47. The number of halogens is 3. The number of aromatic nitrogens is 1. The van der Waals surface area contributed by atoms with Gasteiger partial charge in [0.15, 0.2) is 6.10 Å². The van der Waals surface area contributed by atoms with Crippen molar-refractivity contribution in [1.82, 2.24) is 4.98 Å². The van der Waals surface area contributed by atoms with Crippen molar-refractivity contribution >= 4 is 17.3 Å². The highest BCUT2D eigenvalue weighted by atomic mass is 19.4. The van der Waals surface area contributed by atoms with Crippen molar-refractivity contribution in [3.63, 3.8) is 0 Å². The second kappa shape index (κ2) is 6.84. The van der Waals surface area contributed by atoms with Crippen LogP contribution in [0.25, 0.3) is 0 Å². The van der Waals surface area contributed by atoms with Crippen LogP contribution in [-0.2, 0) is 22.1 Å². The summed E-state index contributed by atoms with van der Waals surface area (Å²) in [6, 6.07) is 10.1. The maximum Gasteiger partial charge on any atom is 0.433 e. The minimum absolute atomic E-state index is 0.121. The molecule has 1 aromatic heterocycles. The predicted molar refractivity (Wildman–Crippen MR) is 93.7 cm³/mol. The molecule has 0 N–H and O–H groups in total. The van der Waals surface area contributed by atoms with Gasteiger partial charge in [-0.3, -0.25) is 4.79 Å². The number of ether oxygens (including phenoxy) is 1. The van der Waals surface area contributed by atoms with E-state index < -0.39 is 18.0 Å². The number of benzene rings is 1. The van der Waals surface area contributed by atoms with Crippen molar-refractivity contribution < 1.29 is 22.7 Å². The van der Waals surface area contributed by atoms with Gasteiger partial charge >= 0.3 is 6.18 Å². The highest BCUT2D eigenvalue weighted by Gasteiger charge is 2.35. The largest absolute Gasteiger partial charge is 0.433 e. The monoisotopic (exact) mass is 377 g/mol. The fraction of sp³-hybridized carbons (Fsp3) is 0.368. The summed E-state index contributed by atoms with van der Waals surface area (Å²) in [7, 11) is 0. The topological polar surface area (TPSA) is 45.7 Å². The Morgan fingerprint density at radius 3 is 2.70 bits per heavy atom. The van der Waals surface area contributed by atoms with Crippen LogP contribution in [0.3, 0.4) is 0 Å². The van der Waals surface area contributed by atoms with Gasteiger partial charge in [0.2, 0.25) is 0 Å². The van der Waals surface area contributed by atoms with Gasteiger partial charge in [-0.15, -0.1) is 0 Å². The van der Waals surface area contributed by atoms with E-state index in [2.05, 4.69) is 4.98 Å². The van der Waals surface area contributed by atoms with Crippen molar-refractivity contribution in [2.24, 2.45) is 0 Å². The Balaban J connectivity index is 1.48. The smallest absolute Gasteiger partial charge is 0.365 e. The third-order valence-electron chi connectivity index (χ3n) is 4.90. The lowest BCUT2D eigenvalue weighted by Crippen LogP contribution is -2.51. The number of carbonyl (C=O) groups is 1. The number of fused-ring (bicyclic) bond motifs is 1. The molecule has 0 saturated carbocycles. The van der Waals surface area contributed by atoms with E-state index in [0.717, 1.165) is 23.7 Å². The lowest BCUT2D eigenvalue weighted by molar-refractivity contribution is -0.141. The zero-order chi connectivity index (χ0) is 19.0. The Morgan fingerprint density at radius 1 is 1.15 bits per heavy atom.